The van der Waals surface area contributed by atoms with Gasteiger partial charge in [0, 0.05) is 0 Å². The number of unbranched alkanes of at least 4 members (excludes halogenated alkanes) is 2. The van der Waals surface area contributed by atoms with E-state index >= 15 is 0 Å². The fourth-order valence-electron chi connectivity index (χ4n) is 3.24. The molecule has 1 nitrogen and oxygen atoms in total. The second-order valence-electron chi connectivity index (χ2n) is 10.2. The van der Waals surface area contributed by atoms with E-state index in [4.69, 9.17) is 0 Å². The minimum atomic E-state index is -2.97. The average Bonchev–Trinajstić information content (AvgIpc) is 2.92. The molecule has 0 atom stereocenters. The summed E-state index contributed by atoms with van der Waals surface area (Å²) in [7, 11) is 0. The molecule has 0 aromatic carbocycles. The number of halogens is 2. The van der Waals surface area contributed by atoms with Gasteiger partial charge in [-0.1, -0.05) is 0 Å². The summed E-state index contributed by atoms with van der Waals surface area (Å²) in [6.07, 6.45) is 13.5. The fraction of sp³-hybridized carbons (Fsp3) is 0.789. The van der Waals surface area contributed by atoms with Crippen molar-refractivity contribution in [3.05, 3.63) is 22.1 Å². The Kier molecular flexibility index (Phi) is 10.7. The zero-order valence-electron chi connectivity index (χ0n) is 16.4. The van der Waals surface area contributed by atoms with Crippen molar-refractivity contribution in [2.45, 2.75) is 71.6 Å². The first-order valence-corrected chi connectivity index (χ1v) is 17.3. The number of hydrogen-bond donors (Lipinski definition) is 0. The van der Waals surface area contributed by atoms with Crippen LogP contribution in [0.3, 0.4) is 0 Å². The topological polar surface area (TPSA) is 3.24 Å². The van der Waals surface area contributed by atoms with Gasteiger partial charge in [0.15, 0.2) is 0 Å². The normalized spacial score (nSPS) is 17.1. The minimum Gasteiger partial charge on any atom is -0.147 e. The number of rotatable bonds is 10. The summed E-state index contributed by atoms with van der Waals surface area (Å²) in [5.41, 5.74) is 0. The zero-order chi connectivity index (χ0) is 16.0. The SMILES string of the molecule is CCCCN(CCCC)C[CH2][Ti]([CH3])([CH3])([CH3])([CH3])[C]1=CC=CC1.Cl.Cl. The van der Waals surface area contributed by atoms with Crippen molar-refractivity contribution in [2.75, 3.05) is 19.6 Å². The van der Waals surface area contributed by atoms with Gasteiger partial charge in [0.25, 0.3) is 0 Å². The van der Waals surface area contributed by atoms with Crippen molar-refractivity contribution in [2.24, 2.45) is 0 Å². The van der Waals surface area contributed by atoms with Crippen LogP contribution in [0.1, 0.15) is 46.0 Å². The molecular weight excluding hydrogens is 361 g/mol. The molecule has 1 aliphatic carbocycles. The third-order valence-electron chi connectivity index (χ3n) is 5.49. The monoisotopic (exact) mass is 401 g/mol. The maximum atomic E-state index is 2.74. The molecule has 1 rings (SSSR count). The van der Waals surface area contributed by atoms with Gasteiger partial charge in [-0.05, 0) is 0 Å². The molecule has 1 aliphatic rings. The summed E-state index contributed by atoms with van der Waals surface area (Å²) in [4.78, 5) is 2.74. The molecule has 4 heteroatoms. The van der Waals surface area contributed by atoms with Crippen molar-refractivity contribution in [3.8, 4) is 0 Å². The largest absolute Gasteiger partial charge is 0.147 e. The molecule has 0 amide bonds. The molecular formula is C19H41Cl2NTi. The van der Waals surface area contributed by atoms with Crippen LogP contribution in [0.25, 0.3) is 0 Å². The van der Waals surface area contributed by atoms with E-state index in [0.717, 1.165) is 0 Å². The van der Waals surface area contributed by atoms with Crippen LogP contribution in [0.15, 0.2) is 22.1 Å². The Hall–Kier alpha value is 0.734. The van der Waals surface area contributed by atoms with E-state index in [2.05, 4.69) is 57.9 Å². The fourth-order valence-corrected chi connectivity index (χ4v) is 8.87. The molecule has 0 bridgehead atoms. The zero-order valence-corrected chi connectivity index (χ0v) is 19.6. The van der Waals surface area contributed by atoms with Crippen LogP contribution >= 0.6 is 24.8 Å². The van der Waals surface area contributed by atoms with Gasteiger partial charge in [0.2, 0.25) is 0 Å². The average molecular weight is 402 g/mol. The van der Waals surface area contributed by atoms with Crippen LogP contribution in [0.4, 0.5) is 0 Å². The Morgan fingerprint density at radius 1 is 0.913 bits per heavy atom. The second kappa shape index (κ2) is 9.44. The number of hydrogen-bond acceptors (Lipinski definition) is 1. The molecule has 0 saturated carbocycles. The van der Waals surface area contributed by atoms with E-state index in [1.54, 1.807) is 3.88 Å². The quantitative estimate of drug-likeness (QED) is 0.344. The Balaban J connectivity index is 0. The van der Waals surface area contributed by atoms with Crippen LogP contribution in [0.2, 0.25) is 25.6 Å². The molecule has 23 heavy (non-hydrogen) atoms. The first kappa shape index (κ1) is 26.0. The van der Waals surface area contributed by atoms with Gasteiger partial charge in [0.1, 0.15) is 0 Å². The van der Waals surface area contributed by atoms with Gasteiger partial charge < -0.3 is 0 Å². The summed E-state index contributed by atoms with van der Waals surface area (Å²) in [6, 6.07) is 0. The van der Waals surface area contributed by atoms with Crippen molar-refractivity contribution in [1.29, 1.82) is 0 Å². The molecule has 0 spiro atoms. The van der Waals surface area contributed by atoms with Gasteiger partial charge in [-0.15, -0.1) is 24.8 Å². The van der Waals surface area contributed by atoms with Crippen LogP contribution in [0, 0.1) is 0 Å². The van der Waals surface area contributed by atoms with Crippen molar-refractivity contribution < 1.29 is 14.0 Å². The van der Waals surface area contributed by atoms with E-state index in [0.29, 0.717) is 0 Å². The summed E-state index contributed by atoms with van der Waals surface area (Å²) in [6.45, 7) is 8.48. The van der Waals surface area contributed by atoms with Crippen molar-refractivity contribution in [3.63, 3.8) is 0 Å². The molecule has 0 N–H and O–H groups in total. The summed E-state index contributed by atoms with van der Waals surface area (Å²) < 4.78 is 3.17. The minimum absolute atomic E-state index is 0. The molecule has 0 aromatic heterocycles. The van der Waals surface area contributed by atoms with Crippen LogP contribution in [-0.4, -0.2) is 24.5 Å². The molecule has 140 valence electrons. The summed E-state index contributed by atoms with van der Waals surface area (Å²) in [5, 5.41) is 10.5. The van der Waals surface area contributed by atoms with Crippen molar-refractivity contribution in [1.82, 2.24) is 4.90 Å². The smallest absolute Gasteiger partial charge is 0.147 e. The molecule has 0 heterocycles. The number of allylic oxidation sites excluding steroid dienone is 4. The van der Waals surface area contributed by atoms with Crippen molar-refractivity contribution >= 4 is 24.8 Å². The molecule has 0 fully saturated rings. The number of nitrogens with zero attached hydrogens (tertiary/aromatic N) is 1. The van der Waals surface area contributed by atoms with Gasteiger partial charge in [-0.2, -0.15) is 0 Å². The maximum Gasteiger partial charge on any atom is -0.147 e. The third kappa shape index (κ3) is 8.59. The molecule has 0 unspecified atom stereocenters. The Bertz CT molecular complexity index is 398. The molecule has 0 radical (unpaired) electrons. The summed E-state index contributed by atoms with van der Waals surface area (Å²) in [5.74, 6) is 0. The van der Waals surface area contributed by atoms with Gasteiger partial charge >= 0.3 is 132 Å². The van der Waals surface area contributed by atoms with Gasteiger partial charge in [-0.3, -0.25) is 0 Å². The van der Waals surface area contributed by atoms with Crippen LogP contribution < -0.4 is 0 Å². The van der Waals surface area contributed by atoms with Crippen LogP contribution in [-0.2, 0) is 14.0 Å². The Morgan fingerprint density at radius 3 is 1.83 bits per heavy atom. The standard InChI is InChI=1S/C10H22N.C5H5.4CH3.2ClH.Ti/c1-4-7-9-11(6-3)10-8-5-2;1-2-4-5-3-1;;;;;;;/h3-10H2,1-2H3;1-3H,4H2;4*1H3;2*1H;. The van der Waals surface area contributed by atoms with E-state index in [1.807, 2.05) is 0 Å². The van der Waals surface area contributed by atoms with Gasteiger partial charge in [-0.25, -0.2) is 0 Å². The summed E-state index contributed by atoms with van der Waals surface area (Å²) >= 11 is -2.97. The first-order chi connectivity index (χ1) is 9.61. The predicted molar refractivity (Wildman–Crippen MR) is 111 cm³/mol. The molecule has 0 aliphatic heterocycles. The van der Waals surface area contributed by atoms with E-state index in [9.17, 15) is 0 Å². The molecule has 0 aromatic rings. The van der Waals surface area contributed by atoms with E-state index in [-0.39, 0.29) is 24.8 Å². The Labute approximate surface area is 156 Å². The maximum absolute atomic E-state index is 2.97. The van der Waals surface area contributed by atoms with Crippen LogP contribution in [0.5, 0.6) is 0 Å². The van der Waals surface area contributed by atoms with E-state index in [1.165, 1.54) is 56.5 Å². The second-order valence-corrected chi connectivity index (χ2v) is 29.5. The predicted octanol–water partition coefficient (Wildman–Crippen LogP) is 7.41. The molecule has 0 saturated heterocycles. The van der Waals surface area contributed by atoms with E-state index < -0.39 is 14.0 Å². The first-order valence-electron chi connectivity index (χ1n) is 9.18. The third-order valence-corrected chi connectivity index (χ3v) is 14.7. The Morgan fingerprint density at radius 2 is 1.43 bits per heavy atom. The van der Waals surface area contributed by atoms with Gasteiger partial charge in [0.05, 0.1) is 0 Å².